The zero-order valence-corrected chi connectivity index (χ0v) is 13.2. The van der Waals surface area contributed by atoms with Crippen LogP contribution in [0.4, 0.5) is 0 Å². The Labute approximate surface area is 123 Å². The quantitative estimate of drug-likeness (QED) is 0.738. The predicted molar refractivity (Wildman–Crippen MR) is 79.1 cm³/mol. The van der Waals surface area contributed by atoms with Gasteiger partial charge in [-0.3, -0.25) is 4.90 Å². The number of hydrogen-bond acceptors (Lipinski definition) is 3. The van der Waals surface area contributed by atoms with Crippen LogP contribution in [0.5, 0.6) is 0 Å². The normalized spacial score (nSPS) is 42.4. The predicted octanol–water partition coefficient (Wildman–Crippen LogP) is 3.06. The van der Waals surface area contributed by atoms with Crippen LogP contribution in [0.3, 0.4) is 0 Å². The molecular weight excluding hydrogens is 248 g/mol. The van der Waals surface area contributed by atoms with E-state index >= 15 is 0 Å². The van der Waals surface area contributed by atoms with Crippen molar-refractivity contribution in [3.05, 3.63) is 0 Å². The molecule has 3 aliphatic rings. The molecule has 2 saturated carbocycles. The van der Waals surface area contributed by atoms with Gasteiger partial charge in [0.2, 0.25) is 0 Å². The van der Waals surface area contributed by atoms with Crippen LogP contribution in [0.2, 0.25) is 0 Å². The summed E-state index contributed by atoms with van der Waals surface area (Å²) in [4.78, 5) is 2.61. The van der Waals surface area contributed by atoms with Crippen molar-refractivity contribution < 1.29 is 4.74 Å². The molecule has 20 heavy (non-hydrogen) atoms. The highest BCUT2D eigenvalue weighted by Crippen LogP contribution is 2.59. The highest BCUT2D eigenvalue weighted by atomic mass is 16.5. The summed E-state index contributed by atoms with van der Waals surface area (Å²) >= 11 is 0. The fourth-order valence-corrected chi connectivity index (χ4v) is 4.93. The third kappa shape index (κ3) is 2.09. The van der Waals surface area contributed by atoms with Gasteiger partial charge in [0.1, 0.15) is 0 Å². The number of nitriles is 1. The number of rotatable bonds is 1. The monoisotopic (exact) mass is 276 g/mol. The summed E-state index contributed by atoms with van der Waals surface area (Å²) in [6, 6.07) is 2.61. The minimum absolute atomic E-state index is 0.195. The van der Waals surface area contributed by atoms with Gasteiger partial charge in [0.05, 0.1) is 25.2 Å². The number of hydrogen-bond donors (Lipinski definition) is 0. The molecule has 0 amide bonds. The van der Waals surface area contributed by atoms with Gasteiger partial charge < -0.3 is 4.74 Å². The van der Waals surface area contributed by atoms with E-state index in [0.717, 1.165) is 44.6 Å². The first kappa shape index (κ1) is 14.4. The van der Waals surface area contributed by atoms with Crippen molar-refractivity contribution in [1.29, 1.82) is 5.26 Å². The van der Waals surface area contributed by atoms with Gasteiger partial charge in [0.15, 0.2) is 0 Å². The summed E-state index contributed by atoms with van der Waals surface area (Å²) in [5.74, 6) is 1.82. The number of morpholine rings is 1. The Morgan fingerprint density at radius 1 is 1.20 bits per heavy atom. The smallest absolute Gasteiger partial charge is 0.0675 e. The maximum absolute atomic E-state index is 9.54. The van der Waals surface area contributed by atoms with E-state index in [-0.39, 0.29) is 11.5 Å². The first-order valence-electron chi connectivity index (χ1n) is 8.21. The van der Waals surface area contributed by atoms with Gasteiger partial charge in [-0.05, 0) is 42.9 Å². The third-order valence-electron chi connectivity index (χ3n) is 6.27. The molecule has 2 aliphatic carbocycles. The minimum Gasteiger partial charge on any atom is -0.379 e. The Morgan fingerprint density at radius 2 is 1.90 bits per heavy atom. The van der Waals surface area contributed by atoms with Crippen molar-refractivity contribution in [1.82, 2.24) is 4.90 Å². The second-order valence-corrected chi connectivity index (χ2v) is 8.04. The van der Waals surface area contributed by atoms with Gasteiger partial charge in [-0.2, -0.15) is 5.26 Å². The van der Waals surface area contributed by atoms with Crippen molar-refractivity contribution in [2.24, 2.45) is 23.2 Å². The van der Waals surface area contributed by atoms with Crippen molar-refractivity contribution in [2.75, 3.05) is 26.3 Å². The highest BCUT2D eigenvalue weighted by molar-refractivity contribution is 5.19. The van der Waals surface area contributed by atoms with E-state index in [1.54, 1.807) is 0 Å². The van der Waals surface area contributed by atoms with Crippen molar-refractivity contribution >= 4 is 0 Å². The molecule has 1 saturated heterocycles. The van der Waals surface area contributed by atoms with Gasteiger partial charge in [0.25, 0.3) is 0 Å². The van der Waals surface area contributed by atoms with Crippen LogP contribution in [0.25, 0.3) is 0 Å². The molecule has 0 radical (unpaired) electrons. The largest absolute Gasteiger partial charge is 0.379 e. The van der Waals surface area contributed by atoms with E-state index in [2.05, 4.69) is 31.7 Å². The molecule has 0 unspecified atom stereocenters. The van der Waals surface area contributed by atoms with Crippen molar-refractivity contribution in [2.45, 2.75) is 52.0 Å². The molecule has 0 bridgehead atoms. The standard InChI is InChI=1S/C17H28N2O/c1-16(2,3)13-4-5-17(19-6-8-20-9-7-19)14(10-13)11-15(17)12-18/h13-15H,4-11H2,1-3H3/t13-,14-,15+,17-/m0/s1. The molecule has 0 spiro atoms. The molecule has 0 aromatic heterocycles. The lowest BCUT2D eigenvalue weighted by Crippen LogP contribution is -2.69. The van der Waals surface area contributed by atoms with Gasteiger partial charge in [-0.1, -0.05) is 20.8 Å². The molecule has 0 aromatic carbocycles. The highest BCUT2D eigenvalue weighted by Gasteiger charge is 2.61. The molecule has 3 nitrogen and oxygen atoms in total. The molecule has 3 heteroatoms. The van der Waals surface area contributed by atoms with Crippen LogP contribution in [0.1, 0.15) is 46.5 Å². The van der Waals surface area contributed by atoms with Crippen molar-refractivity contribution in [3.63, 3.8) is 0 Å². The molecule has 1 aliphatic heterocycles. The van der Waals surface area contributed by atoms with Crippen LogP contribution < -0.4 is 0 Å². The zero-order valence-electron chi connectivity index (χ0n) is 13.2. The topological polar surface area (TPSA) is 36.3 Å². The number of ether oxygens (including phenoxy) is 1. The van der Waals surface area contributed by atoms with Crippen LogP contribution in [0, 0.1) is 34.5 Å². The van der Waals surface area contributed by atoms with E-state index in [4.69, 9.17) is 4.74 Å². The molecular formula is C17H28N2O. The first-order chi connectivity index (χ1) is 9.48. The molecule has 4 atom stereocenters. The van der Waals surface area contributed by atoms with Gasteiger partial charge in [0, 0.05) is 18.6 Å². The number of nitrogens with zero attached hydrogens (tertiary/aromatic N) is 2. The van der Waals surface area contributed by atoms with E-state index in [0.29, 0.717) is 5.41 Å². The maximum atomic E-state index is 9.54. The Kier molecular flexibility index (Phi) is 3.59. The summed E-state index contributed by atoms with van der Waals surface area (Å²) in [5, 5.41) is 9.54. The van der Waals surface area contributed by atoms with Gasteiger partial charge in [-0.25, -0.2) is 0 Å². The lowest BCUT2D eigenvalue weighted by atomic mass is 9.48. The Hall–Kier alpha value is -0.590. The van der Waals surface area contributed by atoms with E-state index in [1.165, 1.54) is 19.3 Å². The molecule has 0 aromatic rings. The fraction of sp³-hybridized carbons (Fsp3) is 0.941. The lowest BCUT2D eigenvalue weighted by molar-refractivity contribution is -0.152. The SMILES string of the molecule is CC(C)(C)[C@H]1CC[C@]2(N3CCOCC3)[C@@H](C1)C[C@@H]2C#N. The summed E-state index contributed by atoms with van der Waals surface area (Å²) < 4.78 is 5.51. The van der Waals surface area contributed by atoms with Gasteiger partial charge in [-0.15, -0.1) is 0 Å². The van der Waals surface area contributed by atoms with E-state index in [9.17, 15) is 5.26 Å². The fourth-order valence-electron chi connectivity index (χ4n) is 4.93. The molecule has 3 rings (SSSR count). The molecule has 3 fully saturated rings. The van der Waals surface area contributed by atoms with Crippen molar-refractivity contribution in [3.8, 4) is 6.07 Å². The van der Waals surface area contributed by atoms with E-state index < -0.39 is 0 Å². The summed E-state index contributed by atoms with van der Waals surface area (Å²) in [6.07, 6.45) is 4.95. The average Bonchev–Trinajstić information content (AvgIpc) is 2.40. The van der Waals surface area contributed by atoms with Crippen LogP contribution in [-0.2, 0) is 4.74 Å². The van der Waals surface area contributed by atoms with Crippen LogP contribution in [0.15, 0.2) is 0 Å². The Morgan fingerprint density at radius 3 is 2.45 bits per heavy atom. The van der Waals surface area contributed by atoms with Crippen LogP contribution >= 0.6 is 0 Å². The maximum Gasteiger partial charge on any atom is 0.0675 e. The second-order valence-electron chi connectivity index (χ2n) is 8.04. The average molecular weight is 276 g/mol. The first-order valence-corrected chi connectivity index (χ1v) is 8.21. The minimum atomic E-state index is 0.195. The van der Waals surface area contributed by atoms with Gasteiger partial charge >= 0.3 is 0 Å². The third-order valence-corrected chi connectivity index (χ3v) is 6.27. The van der Waals surface area contributed by atoms with Crippen LogP contribution in [-0.4, -0.2) is 36.7 Å². The lowest BCUT2D eigenvalue weighted by Gasteiger charge is -2.64. The zero-order chi connectivity index (χ0) is 14.4. The second kappa shape index (κ2) is 5.00. The Bertz CT molecular complexity index is 402. The summed E-state index contributed by atoms with van der Waals surface area (Å²) in [5.41, 5.74) is 0.606. The molecule has 112 valence electrons. The van der Waals surface area contributed by atoms with E-state index in [1.807, 2.05) is 0 Å². The Balaban J connectivity index is 1.79. The molecule has 1 heterocycles. The number of fused-ring (bicyclic) bond motifs is 1. The summed E-state index contributed by atoms with van der Waals surface area (Å²) in [6.45, 7) is 10.9. The molecule has 0 N–H and O–H groups in total. The summed E-state index contributed by atoms with van der Waals surface area (Å²) in [7, 11) is 0.